The van der Waals surface area contributed by atoms with Crippen LogP contribution < -0.4 is 4.74 Å². The third-order valence-corrected chi connectivity index (χ3v) is 11.7. The van der Waals surface area contributed by atoms with Crippen LogP contribution in [0.3, 0.4) is 0 Å². The first-order chi connectivity index (χ1) is 26.7. The second-order valence-electron chi connectivity index (χ2n) is 14.5. The van der Waals surface area contributed by atoms with Crippen LogP contribution in [-0.2, 0) is 18.3 Å². The van der Waals surface area contributed by atoms with E-state index in [9.17, 15) is 0 Å². The van der Waals surface area contributed by atoms with Crippen LogP contribution in [0, 0.1) is 0 Å². The Morgan fingerprint density at radius 1 is 0.444 bits per heavy atom. The van der Waals surface area contributed by atoms with Gasteiger partial charge in [-0.15, -0.1) is 0 Å². The van der Waals surface area contributed by atoms with E-state index in [1.807, 2.05) is 24.5 Å². The Bertz CT molecular complexity index is 3060. The Balaban J connectivity index is 1.10. The zero-order valence-corrected chi connectivity index (χ0v) is 29.1. The normalized spacial score (nSPS) is 15.9. The molecule has 1 unspecified atom stereocenters. The molecule has 0 bridgehead atoms. The molecule has 2 aliphatic carbocycles. The molecule has 1 spiro atoms. The van der Waals surface area contributed by atoms with Crippen molar-refractivity contribution in [3.63, 3.8) is 0 Å². The van der Waals surface area contributed by atoms with Crippen molar-refractivity contribution in [2.24, 2.45) is 0 Å². The van der Waals surface area contributed by atoms with E-state index in [1.165, 1.54) is 33.4 Å². The summed E-state index contributed by atoms with van der Waals surface area (Å²) in [6, 6.07) is 52.0. The molecule has 54 heavy (non-hydrogen) atoms. The second kappa shape index (κ2) is 11.0. The molecule has 0 N–H and O–H groups in total. The van der Waals surface area contributed by atoms with Gasteiger partial charge in [0.2, 0.25) is 0 Å². The molecule has 0 saturated carbocycles. The SMILES string of the molecule is c1cnc2c(c1)CCc1ccc(-c3ccc4c(c3)C3(c5ccccc5Oc5ccc(-c6ccc7ccc8cccnc8c7n6)cc53)c3ccccc3-4)nc1-2. The summed E-state index contributed by atoms with van der Waals surface area (Å²) >= 11 is 0. The van der Waals surface area contributed by atoms with Crippen molar-refractivity contribution in [3.05, 3.63) is 191 Å². The molecule has 1 aliphatic heterocycles. The predicted molar refractivity (Wildman–Crippen MR) is 214 cm³/mol. The fourth-order valence-electron chi connectivity index (χ4n) is 9.28. The highest BCUT2D eigenvalue weighted by Gasteiger charge is 2.51. The summed E-state index contributed by atoms with van der Waals surface area (Å²) in [5, 5.41) is 2.14. The topological polar surface area (TPSA) is 60.8 Å². The van der Waals surface area contributed by atoms with E-state index in [4.69, 9.17) is 24.7 Å². The number of rotatable bonds is 2. The maximum atomic E-state index is 6.77. The third kappa shape index (κ3) is 4.04. The minimum absolute atomic E-state index is 0.643. The molecular formula is C49H30N4O. The van der Waals surface area contributed by atoms with Crippen LogP contribution in [0.15, 0.2) is 158 Å². The zero-order valence-electron chi connectivity index (χ0n) is 29.1. The summed E-state index contributed by atoms with van der Waals surface area (Å²) in [7, 11) is 0. The summed E-state index contributed by atoms with van der Waals surface area (Å²) in [5.41, 5.74) is 16.7. The number of benzene rings is 5. The Hall–Kier alpha value is -6.98. The van der Waals surface area contributed by atoms with Gasteiger partial charge in [-0.2, -0.15) is 0 Å². The lowest BCUT2D eigenvalue weighted by Crippen LogP contribution is -2.32. The van der Waals surface area contributed by atoms with Crippen molar-refractivity contribution in [2.75, 3.05) is 0 Å². The first-order valence-corrected chi connectivity index (χ1v) is 18.5. The van der Waals surface area contributed by atoms with E-state index in [0.29, 0.717) is 0 Å². The second-order valence-corrected chi connectivity index (χ2v) is 14.5. The highest BCUT2D eigenvalue weighted by molar-refractivity contribution is 6.03. The monoisotopic (exact) mass is 690 g/mol. The van der Waals surface area contributed by atoms with Crippen molar-refractivity contribution in [1.29, 1.82) is 0 Å². The molecule has 252 valence electrons. The van der Waals surface area contributed by atoms with Gasteiger partial charge in [0.05, 0.1) is 39.2 Å². The molecule has 0 radical (unpaired) electrons. The minimum Gasteiger partial charge on any atom is -0.457 e. The quantitative estimate of drug-likeness (QED) is 0.169. The van der Waals surface area contributed by atoms with Crippen molar-refractivity contribution in [1.82, 2.24) is 19.9 Å². The fourth-order valence-corrected chi connectivity index (χ4v) is 9.28. The van der Waals surface area contributed by atoms with Crippen LogP contribution in [0.4, 0.5) is 0 Å². The van der Waals surface area contributed by atoms with Crippen molar-refractivity contribution >= 4 is 21.8 Å². The number of para-hydroxylation sites is 1. The molecule has 9 aromatic rings. The summed E-state index contributed by atoms with van der Waals surface area (Å²) in [5.74, 6) is 1.70. The number of aromatic nitrogens is 4. The molecular weight excluding hydrogens is 661 g/mol. The Morgan fingerprint density at radius 2 is 1.11 bits per heavy atom. The van der Waals surface area contributed by atoms with Gasteiger partial charge in [0.1, 0.15) is 11.5 Å². The Kier molecular flexibility index (Phi) is 6.03. The number of pyridine rings is 4. The average molecular weight is 691 g/mol. The molecule has 0 saturated heterocycles. The van der Waals surface area contributed by atoms with E-state index in [1.54, 1.807) is 0 Å². The first kappa shape index (κ1) is 29.6. The lowest BCUT2D eigenvalue weighted by Gasteiger charge is -2.39. The standard InChI is InChI=1S/C49H30N4O/c1-2-10-37-35(9-1)36-21-17-33(41-22-18-31-15-13-29-7-5-25-50-45(29)47(31)52-41)27-39(36)49(37)38-11-3-4-12-43(38)54-44-24-20-34(28-40(44)49)42-23-19-32-16-14-30-8-6-26-51-46(30)48(32)53-42/h1-12,14,16-28H,13,15H2. The van der Waals surface area contributed by atoms with Gasteiger partial charge in [-0.05, 0) is 101 Å². The van der Waals surface area contributed by atoms with E-state index in [2.05, 4.69) is 133 Å². The highest BCUT2D eigenvalue weighted by atomic mass is 16.5. The number of nitrogens with zero attached hydrogens (tertiary/aromatic N) is 4. The van der Waals surface area contributed by atoms with Crippen molar-refractivity contribution < 1.29 is 4.74 Å². The molecule has 4 aromatic heterocycles. The Morgan fingerprint density at radius 3 is 2.04 bits per heavy atom. The maximum absolute atomic E-state index is 6.77. The van der Waals surface area contributed by atoms with Crippen LogP contribution in [-0.4, -0.2) is 19.9 Å². The first-order valence-electron chi connectivity index (χ1n) is 18.5. The molecule has 5 aromatic carbocycles. The van der Waals surface area contributed by atoms with Gasteiger partial charge in [0, 0.05) is 45.4 Å². The van der Waals surface area contributed by atoms with E-state index >= 15 is 0 Å². The van der Waals surface area contributed by atoms with Gasteiger partial charge < -0.3 is 4.74 Å². The summed E-state index contributed by atoms with van der Waals surface area (Å²) in [6.07, 6.45) is 5.67. The average Bonchev–Trinajstić information content (AvgIpc) is 3.53. The lowest BCUT2D eigenvalue weighted by molar-refractivity contribution is 0.436. The van der Waals surface area contributed by atoms with Crippen LogP contribution in [0.2, 0.25) is 0 Å². The van der Waals surface area contributed by atoms with E-state index in [0.717, 1.165) is 91.2 Å². The molecule has 5 heteroatoms. The van der Waals surface area contributed by atoms with Gasteiger partial charge in [0.15, 0.2) is 0 Å². The molecule has 1 atom stereocenters. The number of aryl methyl sites for hydroxylation is 2. The van der Waals surface area contributed by atoms with Crippen molar-refractivity contribution in [2.45, 2.75) is 18.3 Å². The number of ether oxygens (including phenoxy) is 1. The van der Waals surface area contributed by atoms with Crippen molar-refractivity contribution in [3.8, 4) is 56.5 Å². The molecule has 3 aliphatic rings. The number of hydrogen-bond acceptors (Lipinski definition) is 5. The Labute approximate surface area is 311 Å². The minimum atomic E-state index is -0.643. The van der Waals surface area contributed by atoms with Gasteiger partial charge in [0.25, 0.3) is 0 Å². The number of hydrogen-bond donors (Lipinski definition) is 0. The van der Waals surface area contributed by atoms with Gasteiger partial charge >= 0.3 is 0 Å². The number of fused-ring (bicyclic) bond motifs is 15. The van der Waals surface area contributed by atoms with E-state index < -0.39 is 5.41 Å². The van der Waals surface area contributed by atoms with Gasteiger partial charge in [-0.25, -0.2) is 9.97 Å². The lowest BCUT2D eigenvalue weighted by atomic mass is 9.65. The largest absolute Gasteiger partial charge is 0.457 e. The molecule has 0 amide bonds. The molecule has 12 rings (SSSR count). The molecule has 0 fully saturated rings. The summed E-state index contributed by atoms with van der Waals surface area (Å²) in [6.45, 7) is 0. The smallest absolute Gasteiger partial charge is 0.132 e. The van der Waals surface area contributed by atoms with Crippen LogP contribution in [0.5, 0.6) is 11.5 Å². The summed E-state index contributed by atoms with van der Waals surface area (Å²) < 4.78 is 6.77. The third-order valence-electron chi connectivity index (χ3n) is 11.7. The van der Waals surface area contributed by atoms with Gasteiger partial charge in [-0.1, -0.05) is 91.0 Å². The summed E-state index contributed by atoms with van der Waals surface area (Å²) in [4.78, 5) is 20.1. The maximum Gasteiger partial charge on any atom is 0.132 e. The zero-order chi connectivity index (χ0) is 35.4. The van der Waals surface area contributed by atoms with Gasteiger partial charge in [-0.3, -0.25) is 9.97 Å². The molecule has 5 heterocycles. The fraction of sp³-hybridized carbons (Fsp3) is 0.0612. The predicted octanol–water partition coefficient (Wildman–Crippen LogP) is 11.1. The van der Waals surface area contributed by atoms with Crippen LogP contribution >= 0.6 is 0 Å². The van der Waals surface area contributed by atoms with Crippen LogP contribution in [0.1, 0.15) is 33.4 Å². The highest BCUT2D eigenvalue weighted by Crippen LogP contribution is 2.62. The molecule has 5 nitrogen and oxygen atoms in total. The van der Waals surface area contributed by atoms with Crippen LogP contribution in [0.25, 0.3) is 66.8 Å². The van der Waals surface area contributed by atoms with E-state index in [-0.39, 0.29) is 0 Å².